The van der Waals surface area contributed by atoms with Gasteiger partial charge in [0.05, 0.1) is 23.4 Å². The Bertz CT molecular complexity index is 1070. The van der Waals surface area contributed by atoms with Crippen molar-refractivity contribution >= 4 is 49.9 Å². The molecule has 1 heterocycles. The van der Waals surface area contributed by atoms with Crippen LogP contribution in [0.1, 0.15) is 37.3 Å². The lowest BCUT2D eigenvalue weighted by Gasteiger charge is -2.13. The maximum absolute atomic E-state index is 12.3. The average Bonchev–Trinajstić information content (AvgIpc) is 3.25. The molecule has 0 radical (unpaired) electrons. The van der Waals surface area contributed by atoms with Gasteiger partial charge in [0.2, 0.25) is 5.91 Å². The number of anilines is 1. The summed E-state index contributed by atoms with van der Waals surface area (Å²) in [5.74, 6) is 1.50. The number of hydrogen-bond acceptors (Lipinski definition) is 5. The second-order valence-corrected chi connectivity index (χ2v) is 9.38. The Morgan fingerprint density at radius 3 is 2.66 bits per heavy atom. The number of benzene rings is 2. The number of amides is 1. The van der Waals surface area contributed by atoms with Gasteiger partial charge in [-0.05, 0) is 84.1 Å². The van der Waals surface area contributed by atoms with Crippen molar-refractivity contribution in [3.05, 3.63) is 56.3 Å². The molecule has 32 heavy (non-hydrogen) atoms. The number of nitrogens with zero attached hydrogens (tertiary/aromatic N) is 1. The molecule has 0 fully saturated rings. The standard InChI is InChI=1S/C24H26BrClN2O3S/c1-4-11-30-18-9-7-17(8-10-18)19-14-32-24(27-19)28-21(29)6-5-12-31-20-13-15(2)23(26)16(3)22(20)25/h7-10,13-14H,4-6,11-12H2,1-3H3,(H,27,28,29). The Morgan fingerprint density at radius 1 is 1.19 bits per heavy atom. The van der Waals surface area contributed by atoms with Crippen molar-refractivity contribution in [1.29, 1.82) is 0 Å². The highest BCUT2D eigenvalue weighted by molar-refractivity contribution is 9.10. The SMILES string of the molecule is CCCOc1ccc(-c2csc(NC(=O)CCCOc3cc(C)c(Cl)c(C)c3Br)n2)cc1. The van der Waals surface area contributed by atoms with Gasteiger partial charge < -0.3 is 14.8 Å². The Morgan fingerprint density at radius 2 is 1.94 bits per heavy atom. The maximum atomic E-state index is 12.3. The van der Waals surface area contributed by atoms with Gasteiger partial charge in [0.25, 0.3) is 0 Å². The first kappa shape index (κ1) is 24.6. The van der Waals surface area contributed by atoms with Crippen LogP contribution in [0.15, 0.2) is 40.2 Å². The van der Waals surface area contributed by atoms with Crippen LogP contribution in [-0.4, -0.2) is 24.1 Å². The second-order valence-electron chi connectivity index (χ2n) is 7.36. The summed E-state index contributed by atoms with van der Waals surface area (Å²) in [5, 5.41) is 6.12. The largest absolute Gasteiger partial charge is 0.494 e. The van der Waals surface area contributed by atoms with Crippen molar-refractivity contribution in [3.8, 4) is 22.8 Å². The summed E-state index contributed by atoms with van der Waals surface area (Å²) < 4.78 is 12.3. The normalized spacial score (nSPS) is 10.8. The summed E-state index contributed by atoms with van der Waals surface area (Å²) in [6.07, 6.45) is 1.92. The zero-order valence-corrected chi connectivity index (χ0v) is 21.5. The van der Waals surface area contributed by atoms with Gasteiger partial charge in [0, 0.05) is 22.4 Å². The van der Waals surface area contributed by atoms with Crippen LogP contribution in [0.2, 0.25) is 5.02 Å². The molecule has 0 aliphatic rings. The van der Waals surface area contributed by atoms with Crippen LogP contribution in [0.4, 0.5) is 5.13 Å². The maximum Gasteiger partial charge on any atom is 0.226 e. The predicted octanol–water partition coefficient (Wildman–Crippen LogP) is 7.43. The number of halogens is 2. The van der Waals surface area contributed by atoms with Gasteiger partial charge in [0.1, 0.15) is 11.5 Å². The molecule has 170 valence electrons. The Labute approximate surface area is 206 Å². The first-order chi connectivity index (χ1) is 15.4. The molecule has 1 aromatic heterocycles. The van der Waals surface area contributed by atoms with Crippen LogP contribution in [0.3, 0.4) is 0 Å². The lowest BCUT2D eigenvalue weighted by molar-refractivity contribution is -0.116. The lowest BCUT2D eigenvalue weighted by atomic mass is 10.1. The minimum atomic E-state index is -0.0830. The lowest BCUT2D eigenvalue weighted by Crippen LogP contribution is -2.12. The molecule has 3 rings (SSSR count). The molecular weight excluding hydrogens is 512 g/mol. The van der Waals surface area contributed by atoms with Crippen LogP contribution >= 0.6 is 38.9 Å². The quantitative estimate of drug-likeness (QED) is 0.273. The number of aromatic nitrogens is 1. The van der Waals surface area contributed by atoms with Crippen molar-refractivity contribution in [1.82, 2.24) is 4.98 Å². The number of thiazole rings is 1. The van der Waals surface area contributed by atoms with Gasteiger partial charge in [-0.25, -0.2) is 4.98 Å². The summed E-state index contributed by atoms with van der Waals surface area (Å²) >= 11 is 11.2. The van der Waals surface area contributed by atoms with Crippen molar-refractivity contribution in [2.24, 2.45) is 0 Å². The molecule has 0 unspecified atom stereocenters. The highest BCUT2D eigenvalue weighted by Crippen LogP contribution is 2.35. The van der Waals surface area contributed by atoms with Crippen LogP contribution in [0, 0.1) is 13.8 Å². The van der Waals surface area contributed by atoms with E-state index in [0.717, 1.165) is 49.8 Å². The van der Waals surface area contributed by atoms with Gasteiger partial charge in [0.15, 0.2) is 5.13 Å². The third-order valence-electron chi connectivity index (χ3n) is 4.75. The summed E-state index contributed by atoms with van der Waals surface area (Å²) in [5.41, 5.74) is 3.72. The molecule has 1 amide bonds. The fourth-order valence-corrected chi connectivity index (χ4v) is 4.43. The van der Waals surface area contributed by atoms with E-state index in [4.69, 9.17) is 21.1 Å². The fraction of sp³-hybridized carbons (Fsp3) is 0.333. The Hall–Kier alpha value is -2.09. The first-order valence-corrected chi connectivity index (χ1v) is 12.5. The topological polar surface area (TPSA) is 60.5 Å². The zero-order valence-electron chi connectivity index (χ0n) is 18.3. The molecule has 0 aliphatic heterocycles. The average molecular weight is 538 g/mol. The number of rotatable bonds is 10. The molecule has 0 aliphatic carbocycles. The molecule has 5 nitrogen and oxygen atoms in total. The van der Waals surface area contributed by atoms with E-state index >= 15 is 0 Å². The van der Waals surface area contributed by atoms with Gasteiger partial charge in [-0.1, -0.05) is 18.5 Å². The van der Waals surface area contributed by atoms with Crippen molar-refractivity contribution in [2.45, 2.75) is 40.0 Å². The van der Waals surface area contributed by atoms with E-state index in [9.17, 15) is 4.79 Å². The molecule has 0 saturated heterocycles. The van der Waals surface area contributed by atoms with Gasteiger partial charge in [-0.3, -0.25) is 4.79 Å². The third kappa shape index (κ3) is 6.47. The molecular formula is C24H26BrClN2O3S. The molecule has 0 saturated carbocycles. The zero-order chi connectivity index (χ0) is 23.1. The fourth-order valence-electron chi connectivity index (χ4n) is 3.01. The summed E-state index contributed by atoms with van der Waals surface area (Å²) in [7, 11) is 0. The van der Waals surface area contributed by atoms with Gasteiger partial charge in [-0.2, -0.15) is 0 Å². The van der Waals surface area contributed by atoms with E-state index in [0.29, 0.717) is 31.2 Å². The molecule has 0 bridgehead atoms. The Kier molecular flexibility index (Phi) is 8.96. The number of hydrogen-bond donors (Lipinski definition) is 1. The number of ether oxygens (including phenoxy) is 2. The third-order valence-corrected chi connectivity index (χ3v) is 7.07. The number of carbonyl (C=O) groups excluding carboxylic acids is 1. The van der Waals surface area contributed by atoms with Crippen LogP contribution in [0.5, 0.6) is 11.5 Å². The van der Waals surface area contributed by atoms with Crippen molar-refractivity contribution in [3.63, 3.8) is 0 Å². The van der Waals surface area contributed by atoms with Gasteiger partial charge >= 0.3 is 0 Å². The summed E-state index contributed by atoms with van der Waals surface area (Å²) in [4.78, 5) is 16.8. The molecule has 3 aromatic rings. The van der Waals surface area contributed by atoms with E-state index in [1.165, 1.54) is 11.3 Å². The first-order valence-electron chi connectivity index (χ1n) is 10.5. The molecule has 2 aromatic carbocycles. The molecule has 1 N–H and O–H groups in total. The smallest absolute Gasteiger partial charge is 0.226 e. The molecule has 8 heteroatoms. The van der Waals surface area contributed by atoms with Crippen LogP contribution in [-0.2, 0) is 4.79 Å². The number of carbonyl (C=O) groups is 1. The predicted molar refractivity (Wildman–Crippen MR) is 135 cm³/mol. The number of aryl methyl sites for hydroxylation is 1. The van der Waals surface area contributed by atoms with E-state index in [-0.39, 0.29) is 5.91 Å². The van der Waals surface area contributed by atoms with E-state index in [1.54, 1.807) is 0 Å². The minimum absolute atomic E-state index is 0.0830. The van der Waals surface area contributed by atoms with Crippen LogP contribution in [0.25, 0.3) is 11.3 Å². The molecule has 0 atom stereocenters. The van der Waals surface area contributed by atoms with Crippen molar-refractivity contribution in [2.75, 3.05) is 18.5 Å². The summed E-state index contributed by atoms with van der Waals surface area (Å²) in [6, 6.07) is 9.72. The van der Waals surface area contributed by atoms with Crippen molar-refractivity contribution < 1.29 is 14.3 Å². The second kappa shape index (κ2) is 11.7. The van der Waals surface area contributed by atoms with E-state index < -0.39 is 0 Å². The summed E-state index contributed by atoms with van der Waals surface area (Å²) in [6.45, 7) is 7.10. The van der Waals surface area contributed by atoms with Crippen LogP contribution < -0.4 is 14.8 Å². The van der Waals surface area contributed by atoms with Gasteiger partial charge in [-0.15, -0.1) is 11.3 Å². The minimum Gasteiger partial charge on any atom is -0.494 e. The van der Waals surface area contributed by atoms with E-state index in [1.807, 2.05) is 49.6 Å². The highest BCUT2D eigenvalue weighted by atomic mass is 79.9. The molecule has 0 spiro atoms. The monoisotopic (exact) mass is 536 g/mol. The highest BCUT2D eigenvalue weighted by Gasteiger charge is 2.12. The Balaban J connectivity index is 1.46. The number of nitrogens with one attached hydrogen (secondary N) is 1. The van der Waals surface area contributed by atoms with E-state index in [2.05, 4.69) is 33.2 Å².